The molecule has 0 spiro atoms. The smallest absolute Gasteiger partial charge is 0.416 e. The van der Waals surface area contributed by atoms with E-state index in [2.05, 4.69) is 14.7 Å². The first-order chi connectivity index (χ1) is 15.4. The Morgan fingerprint density at radius 1 is 1.03 bits per heavy atom. The number of carbonyl (C=O) groups is 2. The Kier molecular flexibility index (Phi) is 5.59. The van der Waals surface area contributed by atoms with Crippen LogP contribution in [0, 0.1) is 0 Å². The second kappa shape index (κ2) is 8.50. The molecule has 0 atom stereocenters. The number of nitrogens with zero attached hydrogens (tertiary/aromatic N) is 1. The van der Waals surface area contributed by atoms with Crippen LogP contribution in [0.3, 0.4) is 0 Å². The number of ketones is 1. The molecule has 0 aliphatic carbocycles. The predicted molar refractivity (Wildman–Crippen MR) is 113 cm³/mol. The van der Waals surface area contributed by atoms with Gasteiger partial charge >= 0.3 is 6.18 Å². The molecule has 4 rings (SSSR count). The Hall–Kier alpha value is -4.20. The number of nitrogens with one attached hydrogen (secondary N) is 1. The summed E-state index contributed by atoms with van der Waals surface area (Å²) in [6, 6.07) is 13.4. The summed E-state index contributed by atoms with van der Waals surface area (Å²) in [5, 5.41) is 0.496. The van der Waals surface area contributed by atoms with Gasteiger partial charge in [-0.3, -0.25) is 9.59 Å². The summed E-state index contributed by atoms with van der Waals surface area (Å²) in [6.07, 6.45) is 1.40. The lowest BCUT2D eigenvalue weighted by molar-refractivity contribution is -0.137. The van der Waals surface area contributed by atoms with E-state index >= 15 is 0 Å². The SMILES string of the molecule is O=CO/C=C/c1cccc(-c2cnc3[nH]cc(C(=O)c4cccc(C(F)(F)F)c4)c3c2)c1. The van der Waals surface area contributed by atoms with Gasteiger partial charge in [0.2, 0.25) is 0 Å². The average molecular weight is 436 g/mol. The highest BCUT2D eigenvalue weighted by atomic mass is 19.4. The molecule has 0 saturated heterocycles. The van der Waals surface area contributed by atoms with Gasteiger partial charge in [-0.25, -0.2) is 4.98 Å². The van der Waals surface area contributed by atoms with E-state index in [9.17, 15) is 22.8 Å². The zero-order valence-electron chi connectivity index (χ0n) is 16.4. The summed E-state index contributed by atoms with van der Waals surface area (Å²) >= 11 is 0. The maximum absolute atomic E-state index is 13.0. The third kappa shape index (κ3) is 4.29. The zero-order valence-corrected chi connectivity index (χ0v) is 16.4. The second-order valence-electron chi connectivity index (χ2n) is 6.89. The molecule has 2 heterocycles. The number of H-pyrrole nitrogens is 1. The number of aromatic amines is 1. The molecular formula is C24H15F3N2O3. The maximum atomic E-state index is 13.0. The third-order valence-electron chi connectivity index (χ3n) is 4.84. The van der Waals surface area contributed by atoms with E-state index in [1.165, 1.54) is 24.6 Å². The monoisotopic (exact) mass is 436 g/mol. The molecule has 0 fully saturated rings. The van der Waals surface area contributed by atoms with E-state index < -0.39 is 17.5 Å². The molecule has 5 nitrogen and oxygen atoms in total. The molecule has 0 amide bonds. The van der Waals surface area contributed by atoms with Crippen LogP contribution >= 0.6 is 0 Å². The zero-order chi connectivity index (χ0) is 22.7. The highest BCUT2D eigenvalue weighted by Gasteiger charge is 2.31. The van der Waals surface area contributed by atoms with Gasteiger partial charge in [-0.2, -0.15) is 13.2 Å². The Morgan fingerprint density at radius 2 is 1.84 bits per heavy atom. The van der Waals surface area contributed by atoms with Crippen LogP contribution in [0.25, 0.3) is 28.2 Å². The molecular weight excluding hydrogens is 421 g/mol. The van der Waals surface area contributed by atoms with Crippen molar-refractivity contribution in [1.29, 1.82) is 0 Å². The van der Waals surface area contributed by atoms with Gasteiger partial charge in [0.05, 0.1) is 11.8 Å². The normalized spacial score (nSPS) is 11.7. The van der Waals surface area contributed by atoms with E-state index in [0.29, 0.717) is 23.1 Å². The number of hydrogen-bond donors (Lipinski definition) is 1. The molecule has 8 heteroatoms. The minimum atomic E-state index is -4.54. The summed E-state index contributed by atoms with van der Waals surface area (Å²) in [4.78, 5) is 30.5. The molecule has 4 aromatic rings. The average Bonchev–Trinajstić information content (AvgIpc) is 3.22. The fraction of sp³-hybridized carbons (Fsp3) is 0.0417. The van der Waals surface area contributed by atoms with Gasteiger partial charge in [0, 0.05) is 34.5 Å². The molecule has 0 aliphatic rings. The number of halogens is 3. The number of alkyl halides is 3. The summed E-state index contributed by atoms with van der Waals surface area (Å²) in [6.45, 7) is 0.313. The number of aromatic nitrogens is 2. The number of carbonyl (C=O) groups excluding carboxylic acids is 2. The first-order valence-corrected chi connectivity index (χ1v) is 9.42. The highest BCUT2D eigenvalue weighted by Crippen LogP contribution is 2.31. The van der Waals surface area contributed by atoms with Crippen LogP contribution < -0.4 is 0 Å². The molecule has 2 aromatic carbocycles. The van der Waals surface area contributed by atoms with E-state index in [0.717, 1.165) is 23.3 Å². The first-order valence-electron chi connectivity index (χ1n) is 9.42. The molecule has 0 radical (unpaired) electrons. The summed E-state index contributed by atoms with van der Waals surface area (Å²) in [7, 11) is 0. The predicted octanol–water partition coefficient (Wildman–Crippen LogP) is 5.62. The molecule has 1 N–H and O–H groups in total. The van der Waals surface area contributed by atoms with E-state index in [-0.39, 0.29) is 11.1 Å². The van der Waals surface area contributed by atoms with Gasteiger partial charge in [0.15, 0.2) is 5.78 Å². The Morgan fingerprint density at radius 3 is 2.62 bits per heavy atom. The largest absolute Gasteiger partial charge is 0.437 e. The van der Waals surface area contributed by atoms with Crippen molar-refractivity contribution in [2.75, 3.05) is 0 Å². The lowest BCUT2D eigenvalue weighted by Gasteiger charge is -2.08. The highest BCUT2D eigenvalue weighted by molar-refractivity contribution is 6.16. The van der Waals surface area contributed by atoms with Gasteiger partial charge in [0.1, 0.15) is 5.65 Å². The maximum Gasteiger partial charge on any atom is 0.416 e. The van der Waals surface area contributed by atoms with Crippen molar-refractivity contribution in [1.82, 2.24) is 9.97 Å². The van der Waals surface area contributed by atoms with Crippen molar-refractivity contribution < 1.29 is 27.5 Å². The van der Waals surface area contributed by atoms with Crippen LogP contribution in [0.1, 0.15) is 27.0 Å². The number of rotatable bonds is 6. The number of hydrogen-bond acceptors (Lipinski definition) is 4. The molecule has 2 aromatic heterocycles. The van der Waals surface area contributed by atoms with E-state index in [1.54, 1.807) is 18.3 Å². The number of ether oxygens (including phenoxy) is 1. The van der Waals surface area contributed by atoms with Crippen LogP contribution in [0.4, 0.5) is 13.2 Å². The second-order valence-corrected chi connectivity index (χ2v) is 6.89. The van der Waals surface area contributed by atoms with Gasteiger partial charge in [-0.15, -0.1) is 0 Å². The van der Waals surface area contributed by atoms with E-state index in [4.69, 9.17) is 0 Å². The Labute approximate surface area is 180 Å². The van der Waals surface area contributed by atoms with Gasteiger partial charge in [-0.1, -0.05) is 30.3 Å². The quantitative estimate of drug-likeness (QED) is 0.242. The Bertz CT molecular complexity index is 1340. The third-order valence-corrected chi connectivity index (χ3v) is 4.84. The van der Waals surface area contributed by atoms with Crippen LogP contribution in [-0.4, -0.2) is 22.2 Å². The minimum Gasteiger partial charge on any atom is -0.437 e. The number of fused-ring (bicyclic) bond motifs is 1. The first kappa shape index (κ1) is 21.0. The lowest BCUT2D eigenvalue weighted by Crippen LogP contribution is -2.08. The van der Waals surface area contributed by atoms with Gasteiger partial charge in [0.25, 0.3) is 6.47 Å². The van der Waals surface area contributed by atoms with Gasteiger partial charge < -0.3 is 9.72 Å². The minimum absolute atomic E-state index is 0.0616. The standard InChI is InChI=1S/C24H15F3N2O3/c25-24(26,27)19-6-2-5-17(10-19)22(31)21-13-29-23-20(21)11-18(12-28-23)16-4-1-3-15(9-16)7-8-32-14-30/h1-14H,(H,28,29)/b8-7+. The summed E-state index contributed by atoms with van der Waals surface area (Å²) in [5.74, 6) is -0.538. The molecule has 0 bridgehead atoms. The Balaban J connectivity index is 1.72. The van der Waals surface area contributed by atoms with Crippen molar-refractivity contribution in [3.05, 3.63) is 95.5 Å². The van der Waals surface area contributed by atoms with Crippen molar-refractivity contribution in [2.45, 2.75) is 6.18 Å². The summed E-state index contributed by atoms with van der Waals surface area (Å²) < 4.78 is 43.7. The van der Waals surface area contributed by atoms with Crippen molar-refractivity contribution in [2.24, 2.45) is 0 Å². The van der Waals surface area contributed by atoms with Crippen LogP contribution in [0.2, 0.25) is 0 Å². The van der Waals surface area contributed by atoms with Crippen molar-refractivity contribution >= 4 is 29.4 Å². The van der Waals surface area contributed by atoms with E-state index in [1.807, 2.05) is 24.3 Å². The fourth-order valence-electron chi connectivity index (χ4n) is 3.31. The van der Waals surface area contributed by atoms with Crippen LogP contribution in [-0.2, 0) is 15.7 Å². The van der Waals surface area contributed by atoms with Gasteiger partial charge in [-0.05, 0) is 41.5 Å². The molecule has 160 valence electrons. The lowest BCUT2D eigenvalue weighted by atomic mass is 9.99. The van der Waals surface area contributed by atoms with Crippen molar-refractivity contribution in [3.63, 3.8) is 0 Å². The van der Waals surface area contributed by atoms with Crippen LogP contribution in [0.15, 0.2) is 73.3 Å². The topological polar surface area (TPSA) is 72.0 Å². The molecule has 0 aliphatic heterocycles. The molecule has 0 unspecified atom stereocenters. The summed E-state index contributed by atoms with van der Waals surface area (Å²) in [5.41, 5.74) is 2.01. The van der Waals surface area contributed by atoms with Crippen LogP contribution in [0.5, 0.6) is 0 Å². The number of benzene rings is 2. The fourth-order valence-corrected chi connectivity index (χ4v) is 3.31. The molecule has 32 heavy (non-hydrogen) atoms. The number of pyridine rings is 1. The van der Waals surface area contributed by atoms with Crippen molar-refractivity contribution in [3.8, 4) is 11.1 Å². The molecule has 0 saturated carbocycles.